The predicted molar refractivity (Wildman–Crippen MR) is 247 cm³/mol. The van der Waals surface area contributed by atoms with E-state index in [0.717, 1.165) is 27.8 Å². The highest BCUT2D eigenvalue weighted by Crippen LogP contribution is 2.58. The van der Waals surface area contributed by atoms with Crippen LogP contribution in [0.1, 0.15) is 83.3 Å². The van der Waals surface area contributed by atoms with Crippen LogP contribution in [0.3, 0.4) is 0 Å². The number of nitrogens with zero attached hydrogens (tertiary/aromatic N) is 3. The maximum Gasteiger partial charge on any atom is 0.408 e. The third-order valence-corrected chi connectivity index (χ3v) is 14.6. The van der Waals surface area contributed by atoms with E-state index in [2.05, 4.69) is 58.1 Å². The lowest BCUT2D eigenvalue weighted by molar-refractivity contribution is -0.151. The van der Waals surface area contributed by atoms with Crippen molar-refractivity contribution >= 4 is 23.8 Å². The number of phenolic OH excluding ortho intramolecular Hbond substituents is 1. The summed E-state index contributed by atoms with van der Waals surface area (Å²) in [5.41, 5.74) is 8.88. The smallest absolute Gasteiger partial charge is 0.408 e. The van der Waals surface area contributed by atoms with Crippen molar-refractivity contribution in [1.29, 1.82) is 5.26 Å². The van der Waals surface area contributed by atoms with Crippen molar-refractivity contribution < 1.29 is 43.1 Å². The molecule has 0 radical (unpaired) electrons. The van der Waals surface area contributed by atoms with Crippen molar-refractivity contribution in [3.05, 3.63) is 112 Å². The van der Waals surface area contributed by atoms with Gasteiger partial charge in [-0.15, -0.1) is 0 Å². The Morgan fingerprint density at radius 3 is 2.38 bits per heavy atom. The zero-order valence-corrected chi connectivity index (χ0v) is 38.8. The molecule has 4 aromatic carbocycles. The molecule has 2 unspecified atom stereocenters. The van der Waals surface area contributed by atoms with Gasteiger partial charge in [0.15, 0.2) is 23.0 Å². The molecule has 4 heterocycles. The van der Waals surface area contributed by atoms with Crippen molar-refractivity contribution in [3.63, 3.8) is 0 Å². The molecule has 1 amide bonds. The van der Waals surface area contributed by atoms with Crippen LogP contribution in [0.5, 0.6) is 28.7 Å². The number of esters is 1. The number of aromatic hydroxyl groups is 1. The Morgan fingerprint density at radius 2 is 1.72 bits per heavy atom. The summed E-state index contributed by atoms with van der Waals surface area (Å²) in [7, 11) is 3.55. The summed E-state index contributed by atoms with van der Waals surface area (Å²) < 4.78 is 36.6. The first-order chi connectivity index (χ1) is 31.3. The van der Waals surface area contributed by atoms with Gasteiger partial charge in [-0.25, -0.2) is 9.59 Å². The zero-order valence-electron chi connectivity index (χ0n) is 37.9. The summed E-state index contributed by atoms with van der Waals surface area (Å²) in [5, 5.41) is 26.0. The van der Waals surface area contributed by atoms with Crippen molar-refractivity contribution in [2.45, 2.75) is 95.2 Å². The van der Waals surface area contributed by atoms with E-state index in [0.29, 0.717) is 47.2 Å². The number of aryl methyl sites for hydroxylation is 1. The summed E-state index contributed by atoms with van der Waals surface area (Å²) in [6.45, 7) is 13.1. The average molecular weight is 901 g/mol. The van der Waals surface area contributed by atoms with Gasteiger partial charge in [-0.05, 0) is 87.9 Å². The standard InChI is InChI=1S/C51H56N4O9S/c1-9-18-60-46-28(3)47-48(63-26-62-47)42-34(46)21-38-43-41-29(19-27(2)45(59-8)44(41)56)20-37(54(43)7)39(22-52)55(38)40(42)23-61-49(57)36(53-50(58)64-51(4,5)6)25-65-24-35-32-16-12-10-14-30(32)31-15-11-13-17-33(31)35/h9-17,19,35-40,43,56H,1,18,20-21,23-26H2,2-8H3,(H,53,58)/t36-,37+,38?,39?,40+,43+/m1/s1. The van der Waals surface area contributed by atoms with Gasteiger partial charge in [-0.1, -0.05) is 67.3 Å². The molecule has 1 saturated heterocycles. The summed E-state index contributed by atoms with van der Waals surface area (Å²) in [6.07, 6.45) is 1.85. The number of phenols is 1. The van der Waals surface area contributed by atoms with Crippen molar-refractivity contribution in [2.75, 3.05) is 45.7 Å². The number of nitriles is 1. The lowest BCUT2D eigenvalue weighted by atomic mass is 9.71. The number of carbonyl (C=O) groups excluding carboxylic acids is 2. The van der Waals surface area contributed by atoms with E-state index < -0.39 is 47.9 Å². The first kappa shape index (κ1) is 44.3. The van der Waals surface area contributed by atoms with Crippen LogP contribution in [0.2, 0.25) is 0 Å². The minimum absolute atomic E-state index is 0.0193. The molecule has 13 nitrogen and oxygen atoms in total. The largest absolute Gasteiger partial charge is 0.504 e. The van der Waals surface area contributed by atoms with Gasteiger partial charge in [0, 0.05) is 51.8 Å². The number of hydrogen-bond donors (Lipinski definition) is 2. The van der Waals surface area contributed by atoms with Gasteiger partial charge in [-0.3, -0.25) is 9.80 Å². The maximum absolute atomic E-state index is 14.7. The highest BCUT2D eigenvalue weighted by atomic mass is 32.2. The molecule has 9 rings (SSSR count). The Morgan fingerprint density at radius 1 is 1.03 bits per heavy atom. The minimum atomic E-state index is -1.08. The lowest BCUT2D eigenvalue weighted by Gasteiger charge is -2.59. The van der Waals surface area contributed by atoms with Crippen LogP contribution in [0.4, 0.5) is 4.79 Å². The normalized spacial score (nSPS) is 22.0. The topological polar surface area (TPSA) is 152 Å². The van der Waals surface area contributed by atoms with Crippen LogP contribution in [-0.4, -0.2) is 102 Å². The molecule has 1 aliphatic carbocycles. The fraction of sp³-hybridized carbons (Fsp3) is 0.431. The van der Waals surface area contributed by atoms with Crippen molar-refractivity contribution in [3.8, 4) is 45.9 Å². The Hall–Kier alpha value is -5.88. The Labute approximate surface area is 384 Å². The van der Waals surface area contributed by atoms with E-state index in [1.807, 2.05) is 45.2 Å². The van der Waals surface area contributed by atoms with E-state index >= 15 is 0 Å². The minimum Gasteiger partial charge on any atom is -0.504 e. The number of benzene rings is 4. The Balaban J connectivity index is 1.08. The molecule has 340 valence electrons. The van der Waals surface area contributed by atoms with Crippen LogP contribution in [0.25, 0.3) is 11.1 Å². The van der Waals surface area contributed by atoms with Crippen LogP contribution >= 0.6 is 11.8 Å². The van der Waals surface area contributed by atoms with Gasteiger partial charge >= 0.3 is 12.1 Å². The molecule has 0 aromatic heterocycles. The molecule has 4 aliphatic heterocycles. The fourth-order valence-electron chi connectivity index (χ4n) is 11.0. The quantitative estimate of drug-likeness (QED) is 0.104. The zero-order chi connectivity index (χ0) is 45.9. The number of alkyl carbamates (subject to hydrolysis) is 1. The number of amides is 1. The molecule has 0 spiro atoms. The Kier molecular flexibility index (Phi) is 11.9. The Bertz CT molecular complexity index is 2560. The number of rotatable bonds is 12. The number of hydrogen-bond acceptors (Lipinski definition) is 13. The predicted octanol–water partition coefficient (Wildman–Crippen LogP) is 8.06. The summed E-state index contributed by atoms with van der Waals surface area (Å²) >= 11 is 1.56. The fourth-order valence-corrected chi connectivity index (χ4v) is 12.1. The molecule has 2 bridgehead atoms. The molecule has 2 N–H and O–H groups in total. The first-order valence-corrected chi connectivity index (χ1v) is 23.3. The van der Waals surface area contributed by atoms with Crippen molar-refractivity contribution in [2.24, 2.45) is 0 Å². The van der Waals surface area contributed by atoms with Crippen LogP contribution < -0.4 is 24.3 Å². The number of carbonyl (C=O) groups is 2. The van der Waals surface area contributed by atoms with Gasteiger partial charge in [-0.2, -0.15) is 17.0 Å². The number of methoxy groups -OCH3 is 1. The highest BCUT2D eigenvalue weighted by molar-refractivity contribution is 7.99. The SMILES string of the molecule is C=CCOc1c(C)c2c(c3c1CC1[C@H]4c5c(cc(C)c(OC)c5O)C[C@@H](C(C#N)N1[C@H]3COC(=O)[C@@H](CSCC1c3ccccc3-c3ccccc31)NC(=O)OC(C)(C)C)N4C)OCO2. The number of ether oxygens (including phenoxy) is 6. The molecule has 0 saturated carbocycles. The number of nitrogens with one attached hydrogen (secondary N) is 1. The van der Waals surface area contributed by atoms with Gasteiger partial charge in [0.05, 0.1) is 25.3 Å². The highest BCUT2D eigenvalue weighted by Gasteiger charge is 2.57. The van der Waals surface area contributed by atoms with E-state index in [1.165, 1.54) is 22.3 Å². The van der Waals surface area contributed by atoms with E-state index in [4.69, 9.17) is 28.4 Å². The second-order valence-corrected chi connectivity index (χ2v) is 19.5. The van der Waals surface area contributed by atoms with Crippen LogP contribution in [0.15, 0.2) is 67.3 Å². The second kappa shape index (κ2) is 17.5. The summed E-state index contributed by atoms with van der Waals surface area (Å²) in [5.74, 6) is 2.46. The summed E-state index contributed by atoms with van der Waals surface area (Å²) in [4.78, 5) is 32.4. The van der Waals surface area contributed by atoms with Gasteiger partial charge in [0.2, 0.25) is 6.79 Å². The maximum atomic E-state index is 14.7. The van der Waals surface area contributed by atoms with Gasteiger partial charge < -0.3 is 38.8 Å². The molecular formula is C51H56N4O9S. The van der Waals surface area contributed by atoms with Gasteiger partial charge in [0.25, 0.3) is 0 Å². The lowest BCUT2D eigenvalue weighted by Crippen LogP contribution is -2.68. The van der Waals surface area contributed by atoms with Crippen LogP contribution in [-0.2, 0) is 27.1 Å². The molecule has 14 heteroatoms. The molecule has 65 heavy (non-hydrogen) atoms. The number of fused-ring (bicyclic) bond motifs is 12. The summed E-state index contributed by atoms with van der Waals surface area (Å²) in [6, 6.07) is 17.9. The molecular weight excluding hydrogens is 845 g/mol. The molecule has 5 aliphatic rings. The van der Waals surface area contributed by atoms with Crippen molar-refractivity contribution in [1.82, 2.24) is 15.1 Å². The van der Waals surface area contributed by atoms with E-state index in [-0.39, 0.29) is 43.5 Å². The number of piperazine rings is 1. The third kappa shape index (κ3) is 7.71. The molecule has 4 aromatic rings. The van der Waals surface area contributed by atoms with E-state index in [1.54, 1.807) is 45.7 Å². The van der Waals surface area contributed by atoms with E-state index in [9.17, 15) is 20.0 Å². The first-order valence-electron chi connectivity index (χ1n) is 22.1. The number of thioether (sulfide) groups is 1. The second-order valence-electron chi connectivity index (χ2n) is 18.4. The third-order valence-electron chi connectivity index (χ3n) is 13.5. The number of likely N-dealkylation sites (N-methyl/N-ethyl adjacent to an activating group) is 1. The van der Waals surface area contributed by atoms with Crippen LogP contribution in [0, 0.1) is 25.2 Å². The molecule has 1 fully saturated rings. The van der Waals surface area contributed by atoms with Gasteiger partial charge in [0.1, 0.15) is 36.6 Å². The average Bonchev–Trinajstić information content (AvgIpc) is 3.89. The monoisotopic (exact) mass is 900 g/mol. The molecule has 6 atom stereocenters.